The Hall–Kier alpha value is -8.17. The van der Waals surface area contributed by atoms with Gasteiger partial charge in [-0.1, -0.05) is 78.9 Å². The third-order valence-electron chi connectivity index (χ3n) is 10.4. The highest BCUT2D eigenvalue weighted by atomic mass is 16.3. The van der Waals surface area contributed by atoms with Gasteiger partial charge < -0.3 is 22.4 Å². The summed E-state index contributed by atoms with van der Waals surface area (Å²) in [7, 11) is 0. The molecule has 0 saturated carbocycles. The van der Waals surface area contributed by atoms with Crippen LogP contribution in [0.5, 0.6) is 0 Å². The zero-order valence-electron chi connectivity index (χ0n) is 30.9. The van der Waals surface area contributed by atoms with Crippen LogP contribution in [0.25, 0.3) is 93.9 Å². The number of hydrogen-bond acceptors (Lipinski definition) is 6. The standard InChI is InChI=1S/C19H12N2O.2C15H10N2O/c1-4-8-18-14(5-1)15-11-13(9-10-19(15)22-18)21-12-20-16-6-2-3-7-17(16)21;1-2-7-14-11(4-1)12-5-3-6-13(15(12)18-14)17-9-8-16-10-17;1-2-4-14-12(3-1)13-9-11(5-6-15(13)18-14)17-8-7-16-10-17/h1-12H;2*1-10H. The van der Waals surface area contributed by atoms with Crippen LogP contribution in [0.15, 0.2) is 209 Å². The highest BCUT2D eigenvalue weighted by Gasteiger charge is 2.12. The van der Waals surface area contributed by atoms with Crippen LogP contribution in [0.3, 0.4) is 0 Å². The summed E-state index contributed by atoms with van der Waals surface area (Å²) in [6, 6.07) is 51.0. The lowest BCUT2D eigenvalue weighted by Crippen LogP contribution is -1.90. The number of fused-ring (bicyclic) bond motifs is 10. The minimum Gasteiger partial charge on any atom is -0.456 e. The van der Waals surface area contributed by atoms with Crippen LogP contribution in [0.4, 0.5) is 0 Å². The van der Waals surface area contributed by atoms with Gasteiger partial charge in [-0.3, -0.25) is 4.57 Å². The van der Waals surface area contributed by atoms with Crippen molar-refractivity contribution in [2.45, 2.75) is 0 Å². The van der Waals surface area contributed by atoms with Crippen molar-refractivity contribution in [1.82, 2.24) is 28.7 Å². The van der Waals surface area contributed by atoms with Crippen LogP contribution in [0.2, 0.25) is 0 Å². The molecule has 0 aliphatic rings. The zero-order chi connectivity index (χ0) is 38.4. The molecule has 0 aliphatic carbocycles. The highest BCUT2D eigenvalue weighted by molar-refractivity contribution is 6.08. The summed E-state index contributed by atoms with van der Waals surface area (Å²) >= 11 is 0. The molecule has 6 heterocycles. The molecule has 0 atom stereocenters. The van der Waals surface area contributed by atoms with Crippen molar-refractivity contribution >= 4 is 76.8 Å². The lowest BCUT2D eigenvalue weighted by Gasteiger charge is -2.04. The smallest absolute Gasteiger partial charge is 0.159 e. The monoisotopic (exact) mass is 752 g/mol. The SMILES string of the molecule is c1ccc2c(c1)ncn2-c1ccc2oc3ccccc3c2c1.c1ccc2c(c1)oc1c(-n3ccnc3)cccc12.c1ccc2c(c1)oc1ccc(-n3ccnc3)cc12. The van der Waals surface area contributed by atoms with Gasteiger partial charge in [0.05, 0.1) is 29.4 Å². The van der Waals surface area contributed by atoms with E-state index in [-0.39, 0.29) is 0 Å². The van der Waals surface area contributed by atoms with Gasteiger partial charge in [0.2, 0.25) is 0 Å². The number of imidazole rings is 3. The second-order valence-electron chi connectivity index (χ2n) is 13.9. The molecular weight excluding hydrogens is 721 g/mol. The molecular formula is C49H32N6O3. The first-order valence-electron chi connectivity index (χ1n) is 18.9. The minimum atomic E-state index is 0.900. The second kappa shape index (κ2) is 13.8. The lowest BCUT2D eigenvalue weighted by molar-refractivity contribution is 0.665. The Morgan fingerprint density at radius 3 is 1.60 bits per heavy atom. The van der Waals surface area contributed by atoms with Gasteiger partial charge in [-0.25, -0.2) is 15.0 Å². The van der Waals surface area contributed by atoms with Gasteiger partial charge in [0.25, 0.3) is 0 Å². The predicted octanol–water partition coefficient (Wildman–Crippen LogP) is 12.5. The van der Waals surface area contributed by atoms with E-state index in [0.717, 1.165) is 93.9 Å². The number of hydrogen-bond donors (Lipinski definition) is 0. The second-order valence-corrected chi connectivity index (χ2v) is 13.9. The number of rotatable bonds is 3. The summed E-state index contributed by atoms with van der Waals surface area (Å²) in [4.78, 5) is 12.6. The Kier molecular flexibility index (Phi) is 7.92. The molecule has 0 aliphatic heterocycles. The summed E-state index contributed by atoms with van der Waals surface area (Å²) in [6.45, 7) is 0. The van der Waals surface area contributed by atoms with Gasteiger partial charge in [-0.2, -0.15) is 0 Å². The average Bonchev–Trinajstić information content (AvgIpc) is 4.14. The first-order chi connectivity index (χ1) is 28.7. The molecule has 7 aromatic carbocycles. The highest BCUT2D eigenvalue weighted by Crippen LogP contribution is 2.34. The van der Waals surface area contributed by atoms with Crippen molar-refractivity contribution in [2.24, 2.45) is 0 Å². The first-order valence-corrected chi connectivity index (χ1v) is 18.9. The van der Waals surface area contributed by atoms with Gasteiger partial charge in [-0.15, -0.1) is 0 Å². The van der Waals surface area contributed by atoms with Crippen LogP contribution >= 0.6 is 0 Å². The molecule has 0 fully saturated rings. The summed E-state index contributed by atoms with van der Waals surface area (Å²) in [5.41, 5.74) is 10.8. The first kappa shape index (κ1) is 33.2. The fourth-order valence-electron chi connectivity index (χ4n) is 7.65. The topological polar surface area (TPSA) is 92.9 Å². The quantitative estimate of drug-likeness (QED) is 0.178. The molecule has 0 radical (unpaired) electrons. The number of furan rings is 3. The molecule has 0 saturated heterocycles. The van der Waals surface area contributed by atoms with Gasteiger partial charge in [-0.05, 0) is 72.8 Å². The van der Waals surface area contributed by atoms with Crippen molar-refractivity contribution in [3.63, 3.8) is 0 Å². The number of aromatic nitrogens is 6. The normalized spacial score (nSPS) is 11.4. The van der Waals surface area contributed by atoms with E-state index in [4.69, 9.17) is 13.3 Å². The Morgan fingerprint density at radius 2 is 0.931 bits per heavy atom. The molecule has 6 aromatic heterocycles. The Bertz CT molecular complexity index is 3520. The van der Waals surface area contributed by atoms with Crippen molar-refractivity contribution in [2.75, 3.05) is 0 Å². The van der Waals surface area contributed by atoms with E-state index in [0.29, 0.717) is 0 Å². The summed E-state index contributed by atoms with van der Waals surface area (Å²) < 4.78 is 23.7. The molecule has 0 amide bonds. The summed E-state index contributed by atoms with van der Waals surface area (Å²) in [5.74, 6) is 0. The van der Waals surface area contributed by atoms with Crippen LogP contribution in [-0.4, -0.2) is 28.7 Å². The Balaban J connectivity index is 0.000000100. The van der Waals surface area contributed by atoms with Gasteiger partial charge in [0, 0.05) is 68.5 Å². The van der Waals surface area contributed by atoms with Crippen molar-refractivity contribution in [1.29, 1.82) is 0 Å². The van der Waals surface area contributed by atoms with E-state index in [9.17, 15) is 0 Å². The van der Waals surface area contributed by atoms with Crippen LogP contribution in [0, 0.1) is 0 Å². The van der Waals surface area contributed by atoms with Crippen molar-refractivity contribution in [3.05, 3.63) is 195 Å². The maximum Gasteiger partial charge on any atom is 0.159 e. The lowest BCUT2D eigenvalue weighted by atomic mass is 10.1. The summed E-state index contributed by atoms with van der Waals surface area (Å²) in [6.07, 6.45) is 12.8. The molecule has 276 valence electrons. The average molecular weight is 753 g/mol. The van der Waals surface area contributed by atoms with E-state index < -0.39 is 0 Å². The third kappa shape index (κ3) is 5.77. The Morgan fingerprint density at radius 1 is 0.397 bits per heavy atom. The van der Waals surface area contributed by atoms with E-state index >= 15 is 0 Å². The number of para-hydroxylation sites is 6. The maximum absolute atomic E-state index is 5.96. The fraction of sp³-hybridized carbons (Fsp3) is 0. The minimum absolute atomic E-state index is 0.900. The summed E-state index contributed by atoms with van der Waals surface area (Å²) in [5, 5.41) is 6.84. The maximum atomic E-state index is 5.96. The molecule has 0 N–H and O–H groups in total. The van der Waals surface area contributed by atoms with Gasteiger partial charge >= 0.3 is 0 Å². The Labute approximate surface area is 330 Å². The van der Waals surface area contributed by atoms with Crippen molar-refractivity contribution < 1.29 is 13.3 Å². The number of benzene rings is 7. The van der Waals surface area contributed by atoms with Crippen LogP contribution in [-0.2, 0) is 0 Å². The molecule has 9 nitrogen and oxygen atoms in total. The third-order valence-corrected chi connectivity index (χ3v) is 10.4. The van der Waals surface area contributed by atoms with E-state index in [1.165, 1.54) is 0 Å². The van der Waals surface area contributed by atoms with Crippen molar-refractivity contribution in [3.8, 4) is 17.1 Å². The fourth-order valence-corrected chi connectivity index (χ4v) is 7.65. The van der Waals surface area contributed by atoms with Crippen LogP contribution < -0.4 is 0 Å². The molecule has 0 bridgehead atoms. The van der Waals surface area contributed by atoms with Gasteiger partial charge in [0.15, 0.2) is 5.58 Å². The number of nitrogens with zero attached hydrogens (tertiary/aromatic N) is 6. The molecule has 13 rings (SSSR count). The predicted molar refractivity (Wildman–Crippen MR) is 230 cm³/mol. The zero-order valence-corrected chi connectivity index (χ0v) is 30.9. The molecule has 0 spiro atoms. The van der Waals surface area contributed by atoms with Crippen LogP contribution in [0.1, 0.15) is 0 Å². The molecule has 13 aromatic rings. The molecule has 0 unspecified atom stereocenters. The van der Waals surface area contributed by atoms with E-state index in [1.807, 2.05) is 131 Å². The largest absolute Gasteiger partial charge is 0.456 e. The van der Waals surface area contributed by atoms with E-state index in [2.05, 4.69) is 68.0 Å². The van der Waals surface area contributed by atoms with E-state index in [1.54, 1.807) is 25.0 Å². The van der Waals surface area contributed by atoms with Gasteiger partial charge in [0.1, 0.15) is 34.2 Å². The molecule has 9 heteroatoms. The molecule has 58 heavy (non-hydrogen) atoms.